The van der Waals surface area contributed by atoms with E-state index >= 15 is 0 Å². The van der Waals surface area contributed by atoms with E-state index in [2.05, 4.69) is 5.32 Å². The van der Waals surface area contributed by atoms with Crippen molar-refractivity contribution in [3.05, 3.63) is 0 Å². The van der Waals surface area contributed by atoms with Crippen LogP contribution in [-0.2, 0) is 9.59 Å². The van der Waals surface area contributed by atoms with E-state index in [4.69, 9.17) is 5.11 Å². The maximum Gasteiger partial charge on any atom is 0.305 e. The highest BCUT2D eigenvalue weighted by Crippen LogP contribution is 1.99. The van der Waals surface area contributed by atoms with Gasteiger partial charge in [0.15, 0.2) is 0 Å². The Kier molecular flexibility index (Phi) is 5.87. The van der Waals surface area contributed by atoms with Gasteiger partial charge in [-0.1, -0.05) is 0 Å². The molecule has 0 saturated carbocycles. The third-order valence-corrected chi connectivity index (χ3v) is 2.10. The molecular weight excluding hydrogens is 184 g/mol. The average molecular weight is 202 g/mol. The molecule has 1 amide bonds. The van der Waals surface area contributed by atoms with Gasteiger partial charge >= 0.3 is 5.97 Å². The zero-order chi connectivity index (χ0) is 11.1. The Morgan fingerprint density at radius 2 is 1.86 bits per heavy atom. The number of nitrogens with one attached hydrogen (secondary N) is 1. The van der Waals surface area contributed by atoms with Crippen LogP contribution in [0, 0.1) is 0 Å². The van der Waals surface area contributed by atoms with Crippen LogP contribution in [-0.4, -0.2) is 48.1 Å². The number of carbonyl (C=O) groups is 2. The molecule has 0 bridgehead atoms. The molecule has 2 N–H and O–H groups in total. The van der Waals surface area contributed by atoms with Crippen molar-refractivity contribution >= 4 is 11.9 Å². The van der Waals surface area contributed by atoms with E-state index < -0.39 is 12.0 Å². The van der Waals surface area contributed by atoms with Gasteiger partial charge in [0.25, 0.3) is 0 Å². The van der Waals surface area contributed by atoms with Crippen LogP contribution in [0.25, 0.3) is 0 Å². The molecule has 0 radical (unpaired) electrons. The van der Waals surface area contributed by atoms with Crippen molar-refractivity contribution < 1.29 is 14.7 Å². The average Bonchev–Trinajstić information content (AvgIpc) is 2.15. The molecule has 14 heavy (non-hydrogen) atoms. The van der Waals surface area contributed by atoms with E-state index in [0.29, 0.717) is 13.1 Å². The van der Waals surface area contributed by atoms with Crippen molar-refractivity contribution in [2.45, 2.75) is 26.3 Å². The van der Waals surface area contributed by atoms with Crippen molar-refractivity contribution in [1.29, 1.82) is 0 Å². The number of carbonyl (C=O) groups excluding carboxylic acids is 1. The summed E-state index contributed by atoms with van der Waals surface area (Å²) >= 11 is 0. The fraction of sp³-hybridized carbons (Fsp3) is 0.778. The molecule has 0 spiro atoms. The van der Waals surface area contributed by atoms with Gasteiger partial charge in [0.1, 0.15) is 0 Å². The monoisotopic (exact) mass is 202 g/mol. The summed E-state index contributed by atoms with van der Waals surface area (Å²) in [5.41, 5.74) is 0. The molecule has 0 rings (SSSR count). The lowest BCUT2D eigenvalue weighted by molar-refractivity contribution is -0.142. The molecule has 0 unspecified atom stereocenters. The number of carboxylic acid groups (broad SMARTS) is 1. The third-order valence-electron chi connectivity index (χ3n) is 2.10. The summed E-state index contributed by atoms with van der Waals surface area (Å²) in [6, 6.07) is -0.618. The summed E-state index contributed by atoms with van der Waals surface area (Å²) in [7, 11) is 1.59. The van der Waals surface area contributed by atoms with Crippen molar-refractivity contribution in [3.8, 4) is 0 Å². The van der Waals surface area contributed by atoms with Crippen LogP contribution in [0.15, 0.2) is 0 Å². The Morgan fingerprint density at radius 1 is 1.36 bits per heavy atom. The molecule has 5 heteroatoms. The molecule has 0 aromatic rings. The van der Waals surface area contributed by atoms with Gasteiger partial charge in [0.05, 0.1) is 12.5 Å². The van der Waals surface area contributed by atoms with Gasteiger partial charge in [0, 0.05) is 13.1 Å². The molecule has 0 aromatic carbocycles. The van der Waals surface area contributed by atoms with Gasteiger partial charge in [-0.3, -0.25) is 9.59 Å². The topological polar surface area (TPSA) is 69.6 Å². The van der Waals surface area contributed by atoms with Crippen LogP contribution < -0.4 is 5.32 Å². The molecule has 0 aliphatic carbocycles. The number of nitrogens with zero attached hydrogens (tertiary/aromatic N) is 1. The molecule has 0 heterocycles. The quantitative estimate of drug-likeness (QED) is 0.632. The second-order valence-electron chi connectivity index (χ2n) is 2.95. The number of likely N-dealkylation sites (N-methyl/N-ethyl adjacent to an activating group) is 2. The molecule has 0 aliphatic rings. The minimum atomic E-state index is -0.968. The SMILES string of the molecule is CCN(CC)C(=O)[C@H](CC(=O)O)NC. The van der Waals surface area contributed by atoms with Crippen LogP contribution >= 0.6 is 0 Å². The molecule has 5 nitrogen and oxygen atoms in total. The highest BCUT2D eigenvalue weighted by molar-refractivity contribution is 5.86. The van der Waals surface area contributed by atoms with E-state index in [0.717, 1.165) is 0 Å². The second-order valence-corrected chi connectivity index (χ2v) is 2.95. The van der Waals surface area contributed by atoms with Crippen LogP contribution in [0.3, 0.4) is 0 Å². The molecule has 0 saturated heterocycles. The first-order valence-electron chi connectivity index (χ1n) is 4.74. The van der Waals surface area contributed by atoms with Crippen LogP contribution in [0.1, 0.15) is 20.3 Å². The van der Waals surface area contributed by atoms with E-state index in [9.17, 15) is 9.59 Å². The lowest BCUT2D eigenvalue weighted by atomic mass is 10.2. The lowest BCUT2D eigenvalue weighted by Gasteiger charge is -2.23. The van der Waals surface area contributed by atoms with Crippen LogP contribution in [0.2, 0.25) is 0 Å². The van der Waals surface area contributed by atoms with Crippen LogP contribution in [0.4, 0.5) is 0 Å². The predicted molar refractivity (Wildman–Crippen MR) is 53.0 cm³/mol. The number of hydrogen-bond acceptors (Lipinski definition) is 3. The number of carboxylic acids is 1. The molecule has 1 atom stereocenters. The number of amides is 1. The molecule has 0 aliphatic heterocycles. The number of aliphatic carboxylic acids is 1. The van der Waals surface area contributed by atoms with Gasteiger partial charge in [0.2, 0.25) is 5.91 Å². The summed E-state index contributed by atoms with van der Waals surface area (Å²) in [4.78, 5) is 23.7. The van der Waals surface area contributed by atoms with Gasteiger partial charge in [-0.25, -0.2) is 0 Å². The Balaban J connectivity index is 4.35. The zero-order valence-corrected chi connectivity index (χ0v) is 8.91. The van der Waals surface area contributed by atoms with Crippen molar-refractivity contribution in [3.63, 3.8) is 0 Å². The fourth-order valence-corrected chi connectivity index (χ4v) is 1.24. The normalized spacial score (nSPS) is 12.2. The highest BCUT2D eigenvalue weighted by atomic mass is 16.4. The summed E-state index contributed by atoms with van der Waals surface area (Å²) in [6.07, 6.45) is -0.175. The largest absolute Gasteiger partial charge is 0.481 e. The third kappa shape index (κ3) is 3.74. The van der Waals surface area contributed by atoms with Crippen molar-refractivity contribution in [2.24, 2.45) is 0 Å². The summed E-state index contributed by atoms with van der Waals surface area (Å²) < 4.78 is 0. The maximum absolute atomic E-state index is 11.7. The van der Waals surface area contributed by atoms with E-state index in [1.54, 1.807) is 11.9 Å². The Morgan fingerprint density at radius 3 is 2.14 bits per heavy atom. The zero-order valence-electron chi connectivity index (χ0n) is 8.91. The number of rotatable bonds is 6. The second kappa shape index (κ2) is 6.37. The van der Waals surface area contributed by atoms with E-state index in [1.165, 1.54) is 0 Å². The van der Waals surface area contributed by atoms with Gasteiger partial charge in [-0.2, -0.15) is 0 Å². The summed E-state index contributed by atoms with van der Waals surface area (Å²) in [5.74, 6) is -1.12. The summed E-state index contributed by atoms with van der Waals surface area (Å²) in [6.45, 7) is 4.95. The maximum atomic E-state index is 11.7. The minimum absolute atomic E-state index is 0.153. The Bertz CT molecular complexity index is 202. The first-order chi connectivity index (χ1) is 6.56. The minimum Gasteiger partial charge on any atom is -0.481 e. The van der Waals surface area contributed by atoms with Gasteiger partial charge in [-0.15, -0.1) is 0 Å². The molecule has 0 aromatic heterocycles. The first kappa shape index (κ1) is 12.9. The predicted octanol–water partition coefficient (Wildman–Crippen LogP) is -0.0825. The number of hydrogen-bond donors (Lipinski definition) is 2. The standard InChI is InChI=1S/C9H18N2O3/c1-4-11(5-2)9(14)7(10-3)6-8(12)13/h7,10H,4-6H2,1-3H3,(H,12,13)/t7-/m0/s1. The highest BCUT2D eigenvalue weighted by Gasteiger charge is 2.23. The lowest BCUT2D eigenvalue weighted by Crippen LogP contribution is -2.46. The van der Waals surface area contributed by atoms with Gasteiger partial charge in [-0.05, 0) is 20.9 Å². The van der Waals surface area contributed by atoms with Crippen molar-refractivity contribution in [2.75, 3.05) is 20.1 Å². The summed E-state index contributed by atoms with van der Waals surface area (Å²) in [5, 5.41) is 11.3. The Hall–Kier alpha value is -1.10. The fourth-order valence-electron chi connectivity index (χ4n) is 1.24. The van der Waals surface area contributed by atoms with Crippen molar-refractivity contribution in [1.82, 2.24) is 10.2 Å². The van der Waals surface area contributed by atoms with Crippen LogP contribution in [0.5, 0.6) is 0 Å². The molecular formula is C9H18N2O3. The Labute approximate surface area is 84.1 Å². The smallest absolute Gasteiger partial charge is 0.305 e. The van der Waals surface area contributed by atoms with E-state index in [1.807, 2.05) is 13.8 Å². The molecule has 82 valence electrons. The van der Waals surface area contributed by atoms with Gasteiger partial charge < -0.3 is 15.3 Å². The van der Waals surface area contributed by atoms with E-state index in [-0.39, 0.29) is 12.3 Å². The first-order valence-corrected chi connectivity index (χ1v) is 4.74. The molecule has 0 fully saturated rings.